The molecular formula is C16H14N2O. The Hall–Kier alpha value is -2.39. The second-order valence-corrected chi connectivity index (χ2v) is 4.51. The van der Waals surface area contributed by atoms with Gasteiger partial charge in [-0.2, -0.15) is 0 Å². The summed E-state index contributed by atoms with van der Waals surface area (Å²) in [5.74, 6) is 0. The average Bonchev–Trinajstić information content (AvgIpc) is 2.46. The molecule has 0 aliphatic heterocycles. The molecule has 2 aromatic carbocycles. The zero-order valence-corrected chi connectivity index (χ0v) is 10.3. The zero-order valence-electron chi connectivity index (χ0n) is 10.3. The zero-order chi connectivity index (χ0) is 13.2. The van der Waals surface area contributed by atoms with Crippen LogP contribution in [0.1, 0.15) is 17.2 Å². The molecule has 0 amide bonds. The number of nitrogen functional groups attached to an aromatic ring is 1. The van der Waals surface area contributed by atoms with Crippen LogP contribution >= 0.6 is 0 Å². The highest BCUT2D eigenvalue weighted by Crippen LogP contribution is 2.27. The second kappa shape index (κ2) is 4.71. The molecule has 94 valence electrons. The largest absolute Gasteiger partial charge is 0.398 e. The molecule has 0 saturated heterocycles. The summed E-state index contributed by atoms with van der Waals surface area (Å²) in [7, 11) is 0. The van der Waals surface area contributed by atoms with Crippen LogP contribution in [0, 0.1) is 0 Å². The van der Waals surface area contributed by atoms with Gasteiger partial charge in [0.1, 0.15) is 6.10 Å². The van der Waals surface area contributed by atoms with Crippen molar-refractivity contribution in [2.24, 2.45) is 0 Å². The third-order valence-corrected chi connectivity index (χ3v) is 3.27. The molecular weight excluding hydrogens is 236 g/mol. The highest BCUT2D eigenvalue weighted by Gasteiger charge is 2.13. The fourth-order valence-electron chi connectivity index (χ4n) is 2.20. The number of rotatable bonds is 2. The predicted molar refractivity (Wildman–Crippen MR) is 76.7 cm³/mol. The van der Waals surface area contributed by atoms with E-state index in [4.69, 9.17) is 5.73 Å². The molecule has 3 aromatic rings. The van der Waals surface area contributed by atoms with E-state index in [2.05, 4.69) is 4.98 Å². The number of aromatic nitrogens is 1. The fraction of sp³-hybridized carbons (Fsp3) is 0.0625. The first kappa shape index (κ1) is 11.7. The topological polar surface area (TPSA) is 59.1 Å². The molecule has 0 saturated carbocycles. The quantitative estimate of drug-likeness (QED) is 0.735. The molecule has 3 rings (SSSR count). The number of anilines is 1. The Bertz CT molecular complexity index is 725. The SMILES string of the molecule is Nc1ccncc1C(O)c1ccc2ccccc2c1. The van der Waals surface area contributed by atoms with E-state index in [1.807, 2.05) is 42.5 Å². The van der Waals surface area contributed by atoms with Crippen molar-refractivity contribution in [1.82, 2.24) is 4.98 Å². The number of aliphatic hydroxyl groups excluding tert-OH is 1. The molecule has 0 radical (unpaired) electrons. The number of pyridine rings is 1. The van der Waals surface area contributed by atoms with Gasteiger partial charge in [0.05, 0.1) is 0 Å². The third kappa shape index (κ3) is 2.16. The molecule has 1 unspecified atom stereocenters. The standard InChI is InChI=1S/C16H14N2O/c17-15-7-8-18-10-14(15)16(19)13-6-5-11-3-1-2-4-12(11)9-13/h1-10,16,19H,(H2,17,18). The second-order valence-electron chi connectivity index (χ2n) is 4.51. The van der Waals surface area contributed by atoms with Gasteiger partial charge in [0.15, 0.2) is 0 Å². The van der Waals surface area contributed by atoms with E-state index >= 15 is 0 Å². The van der Waals surface area contributed by atoms with Gasteiger partial charge in [0.25, 0.3) is 0 Å². The van der Waals surface area contributed by atoms with E-state index in [-0.39, 0.29) is 0 Å². The molecule has 1 heterocycles. The van der Waals surface area contributed by atoms with Crippen LogP contribution in [-0.4, -0.2) is 10.1 Å². The van der Waals surface area contributed by atoms with Gasteiger partial charge in [-0.25, -0.2) is 0 Å². The molecule has 3 nitrogen and oxygen atoms in total. The van der Waals surface area contributed by atoms with Crippen molar-refractivity contribution in [1.29, 1.82) is 0 Å². The first-order chi connectivity index (χ1) is 9.25. The van der Waals surface area contributed by atoms with Gasteiger partial charge >= 0.3 is 0 Å². The molecule has 0 aliphatic carbocycles. The van der Waals surface area contributed by atoms with Crippen LogP contribution in [0.3, 0.4) is 0 Å². The predicted octanol–water partition coefficient (Wildman–Crippen LogP) is 2.90. The van der Waals surface area contributed by atoms with Gasteiger partial charge in [-0.3, -0.25) is 4.98 Å². The number of hydrogen-bond donors (Lipinski definition) is 2. The van der Waals surface area contributed by atoms with Crippen LogP contribution in [0.4, 0.5) is 5.69 Å². The van der Waals surface area contributed by atoms with Crippen molar-refractivity contribution in [3.05, 3.63) is 72.1 Å². The Morgan fingerprint density at radius 3 is 2.58 bits per heavy atom. The molecule has 3 N–H and O–H groups in total. The number of nitrogens with two attached hydrogens (primary N) is 1. The Kier molecular flexibility index (Phi) is 2.89. The maximum absolute atomic E-state index is 10.4. The molecule has 3 heteroatoms. The lowest BCUT2D eigenvalue weighted by molar-refractivity contribution is 0.221. The maximum atomic E-state index is 10.4. The summed E-state index contributed by atoms with van der Waals surface area (Å²) in [5, 5.41) is 12.7. The van der Waals surface area contributed by atoms with Gasteiger partial charge < -0.3 is 10.8 Å². The summed E-state index contributed by atoms with van der Waals surface area (Å²) in [6, 6.07) is 15.6. The van der Waals surface area contributed by atoms with Crippen molar-refractivity contribution in [3.8, 4) is 0 Å². The van der Waals surface area contributed by atoms with E-state index in [9.17, 15) is 5.11 Å². The summed E-state index contributed by atoms with van der Waals surface area (Å²) in [4.78, 5) is 4.01. The summed E-state index contributed by atoms with van der Waals surface area (Å²) >= 11 is 0. The van der Waals surface area contributed by atoms with Crippen LogP contribution in [-0.2, 0) is 0 Å². The van der Waals surface area contributed by atoms with Crippen molar-refractivity contribution in [3.63, 3.8) is 0 Å². The van der Waals surface area contributed by atoms with Gasteiger partial charge in [-0.1, -0.05) is 36.4 Å². The highest BCUT2D eigenvalue weighted by atomic mass is 16.3. The van der Waals surface area contributed by atoms with Crippen LogP contribution in [0.5, 0.6) is 0 Å². The molecule has 0 fully saturated rings. The van der Waals surface area contributed by atoms with Crippen LogP contribution < -0.4 is 5.73 Å². The smallest absolute Gasteiger partial charge is 0.108 e. The number of nitrogens with zero attached hydrogens (tertiary/aromatic N) is 1. The summed E-state index contributed by atoms with van der Waals surface area (Å²) in [6.07, 6.45) is 2.47. The summed E-state index contributed by atoms with van der Waals surface area (Å²) in [5.41, 5.74) is 7.88. The van der Waals surface area contributed by atoms with Gasteiger partial charge in [0, 0.05) is 23.6 Å². The van der Waals surface area contributed by atoms with Crippen molar-refractivity contribution in [2.45, 2.75) is 6.10 Å². The molecule has 19 heavy (non-hydrogen) atoms. The average molecular weight is 250 g/mol. The van der Waals surface area contributed by atoms with E-state index in [1.54, 1.807) is 18.5 Å². The minimum Gasteiger partial charge on any atom is -0.398 e. The molecule has 0 spiro atoms. The normalized spacial score (nSPS) is 12.5. The summed E-state index contributed by atoms with van der Waals surface area (Å²) < 4.78 is 0. The lowest BCUT2D eigenvalue weighted by Crippen LogP contribution is -2.04. The minimum absolute atomic E-state index is 0.552. The van der Waals surface area contributed by atoms with Crippen molar-refractivity contribution >= 4 is 16.5 Å². The van der Waals surface area contributed by atoms with Gasteiger partial charge in [0.2, 0.25) is 0 Å². The number of hydrogen-bond acceptors (Lipinski definition) is 3. The molecule has 1 aromatic heterocycles. The van der Waals surface area contributed by atoms with Gasteiger partial charge in [-0.15, -0.1) is 0 Å². The third-order valence-electron chi connectivity index (χ3n) is 3.27. The number of aliphatic hydroxyl groups is 1. The van der Waals surface area contributed by atoms with Gasteiger partial charge in [-0.05, 0) is 28.5 Å². The Morgan fingerprint density at radius 1 is 1.00 bits per heavy atom. The lowest BCUT2D eigenvalue weighted by Gasteiger charge is -2.13. The molecule has 0 bridgehead atoms. The first-order valence-electron chi connectivity index (χ1n) is 6.12. The Labute approximate surface area is 111 Å². The first-order valence-corrected chi connectivity index (χ1v) is 6.12. The monoisotopic (exact) mass is 250 g/mol. The molecule has 1 atom stereocenters. The van der Waals surface area contributed by atoms with E-state index < -0.39 is 6.10 Å². The number of fused-ring (bicyclic) bond motifs is 1. The maximum Gasteiger partial charge on any atom is 0.108 e. The van der Waals surface area contributed by atoms with Crippen LogP contribution in [0.25, 0.3) is 10.8 Å². The summed E-state index contributed by atoms with van der Waals surface area (Å²) in [6.45, 7) is 0. The highest BCUT2D eigenvalue weighted by molar-refractivity contribution is 5.83. The lowest BCUT2D eigenvalue weighted by atomic mass is 9.99. The minimum atomic E-state index is -0.752. The van der Waals surface area contributed by atoms with E-state index in [0.29, 0.717) is 11.3 Å². The van der Waals surface area contributed by atoms with E-state index in [1.165, 1.54) is 0 Å². The fourth-order valence-corrected chi connectivity index (χ4v) is 2.20. The molecule has 0 aliphatic rings. The Morgan fingerprint density at radius 2 is 1.79 bits per heavy atom. The Balaban J connectivity index is 2.07. The van der Waals surface area contributed by atoms with Crippen LogP contribution in [0.2, 0.25) is 0 Å². The number of benzene rings is 2. The van der Waals surface area contributed by atoms with Crippen molar-refractivity contribution in [2.75, 3.05) is 5.73 Å². The van der Waals surface area contributed by atoms with E-state index in [0.717, 1.165) is 16.3 Å². The van der Waals surface area contributed by atoms with Crippen LogP contribution in [0.15, 0.2) is 60.9 Å². The van der Waals surface area contributed by atoms with Crippen molar-refractivity contribution < 1.29 is 5.11 Å².